The number of benzene rings is 2. The number of alkyl halides is 3. The van der Waals surface area contributed by atoms with E-state index in [1.54, 1.807) is 12.1 Å². The topological polar surface area (TPSA) is 133 Å². The highest BCUT2D eigenvalue weighted by molar-refractivity contribution is 7.99. The van der Waals surface area contributed by atoms with Gasteiger partial charge in [0.05, 0.1) is 11.4 Å². The summed E-state index contributed by atoms with van der Waals surface area (Å²) in [5, 5.41) is 12.0. The lowest BCUT2D eigenvalue weighted by atomic mass is 10.2. The summed E-state index contributed by atoms with van der Waals surface area (Å²) in [6.07, 6.45) is 0.107. The third-order valence-electron chi connectivity index (χ3n) is 3.85. The van der Waals surface area contributed by atoms with Crippen LogP contribution >= 0.6 is 11.8 Å². The number of hydrogen-bond acceptors (Lipinski definition) is 7. The first-order valence-electron chi connectivity index (χ1n) is 8.59. The van der Waals surface area contributed by atoms with E-state index in [2.05, 4.69) is 5.32 Å². The van der Waals surface area contributed by atoms with E-state index >= 15 is 0 Å². The third kappa shape index (κ3) is 7.28. The minimum atomic E-state index is -5.86. The van der Waals surface area contributed by atoms with Crippen LogP contribution in [0.5, 0.6) is 0 Å². The second-order valence-electron chi connectivity index (χ2n) is 6.21. The summed E-state index contributed by atoms with van der Waals surface area (Å²) >= 11 is 1.35. The van der Waals surface area contributed by atoms with Gasteiger partial charge >= 0.3 is 15.8 Å². The minimum Gasteiger partial charge on any atom is -0.396 e. The molecule has 0 aliphatic carbocycles. The molecule has 0 aromatic heterocycles. The molecular formula is C17H19F3N2O6S3. The van der Waals surface area contributed by atoms with Crippen LogP contribution < -0.4 is 10.0 Å². The molecule has 4 N–H and O–H groups in total. The molecule has 0 saturated carbocycles. The number of halogens is 3. The molecule has 2 aromatic rings. The number of aliphatic hydroxyl groups is 1. The van der Waals surface area contributed by atoms with Crippen LogP contribution in [0.2, 0.25) is 0 Å². The number of nitrogens with one attached hydrogen (secondary N) is 2. The van der Waals surface area contributed by atoms with Gasteiger partial charge in [0.2, 0.25) is 0 Å². The second kappa shape index (κ2) is 10.1. The zero-order valence-corrected chi connectivity index (χ0v) is 18.2. The molecule has 2 rings (SSSR count). The Morgan fingerprint density at radius 3 is 2.23 bits per heavy atom. The SMILES string of the molecule is O=S(=O)(O)Nc1ccc(NC(CCO)CSc2ccccc2)c(S(=O)(=O)C(F)(F)F)c1. The molecular weight excluding hydrogens is 481 g/mol. The lowest BCUT2D eigenvalue weighted by Crippen LogP contribution is -2.28. The minimum absolute atomic E-state index is 0.107. The van der Waals surface area contributed by atoms with Crippen molar-refractivity contribution in [3.63, 3.8) is 0 Å². The highest BCUT2D eigenvalue weighted by Gasteiger charge is 2.48. The van der Waals surface area contributed by atoms with Crippen molar-refractivity contribution in [1.29, 1.82) is 0 Å². The first-order valence-corrected chi connectivity index (χ1v) is 12.5. The predicted octanol–water partition coefficient (Wildman–Crippen LogP) is 3.15. The van der Waals surface area contributed by atoms with E-state index in [9.17, 15) is 35.1 Å². The van der Waals surface area contributed by atoms with Crippen LogP contribution in [0.4, 0.5) is 24.5 Å². The van der Waals surface area contributed by atoms with Crippen LogP contribution in [0, 0.1) is 0 Å². The number of hydrogen-bond donors (Lipinski definition) is 4. The molecule has 1 unspecified atom stereocenters. The monoisotopic (exact) mass is 500 g/mol. The molecule has 0 heterocycles. The number of rotatable bonds is 10. The highest BCUT2D eigenvalue weighted by atomic mass is 32.2. The molecule has 0 spiro atoms. The summed E-state index contributed by atoms with van der Waals surface area (Å²) < 4.78 is 95.9. The summed E-state index contributed by atoms with van der Waals surface area (Å²) in [5.41, 5.74) is -6.65. The van der Waals surface area contributed by atoms with Gasteiger partial charge < -0.3 is 10.4 Å². The Labute approximate surface area is 181 Å². The van der Waals surface area contributed by atoms with Crippen molar-refractivity contribution >= 4 is 43.3 Å². The molecule has 2 aromatic carbocycles. The maximum Gasteiger partial charge on any atom is 0.501 e. The molecule has 0 aliphatic rings. The maximum absolute atomic E-state index is 13.2. The van der Waals surface area contributed by atoms with Crippen molar-refractivity contribution in [2.75, 3.05) is 22.4 Å². The van der Waals surface area contributed by atoms with Gasteiger partial charge in [-0.1, -0.05) is 18.2 Å². The first-order chi connectivity index (χ1) is 14.3. The molecule has 0 saturated heterocycles. The van der Waals surface area contributed by atoms with E-state index in [-0.39, 0.29) is 13.0 Å². The number of sulfone groups is 1. The lowest BCUT2D eigenvalue weighted by Gasteiger charge is -2.22. The molecule has 14 heteroatoms. The van der Waals surface area contributed by atoms with Crippen LogP contribution in [0.1, 0.15) is 6.42 Å². The van der Waals surface area contributed by atoms with Gasteiger partial charge in [-0.2, -0.15) is 21.6 Å². The van der Waals surface area contributed by atoms with E-state index in [1.807, 2.05) is 18.2 Å². The number of aliphatic hydroxyl groups excluding tert-OH is 1. The fourth-order valence-corrected chi connectivity index (χ4v) is 4.85. The molecule has 0 fully saturated rings. The van der Waals surface area contributed by atoms with Crippen molar-refractivity contribution in [3.8, 4) is 0 Å². The average Bonchev–Trinajstić information content (AvgIpc) is 2.66. The summed E-state index contributed by atoms with van der Waals surface area (Å²) in [7, 11) is -10.7. The Morgan fingerprint density at radius 2 is 1.68 bits per heavy atom. The molecule has 0 radical (unpaired) electrons. The van der Waals surface area contributed by atoms with Crippen LogP contribution in [0.3, 0.4) is 0 Å². The van der Waals surface area contributed by atoms with Crippen molar-refractivity contribution in [3.05, 3.63) is 48.5 Å². The van der Waals surface area contributed by atoms with E-state index < -0.39 is 48.0 Å². The zero-order valence-electron chi connectivity index (χ0n) is 15.7. The summed E-state index contributed by atoms with van der Waals surface area (Å²) in [6, 6.07) is 10.8. The van der Waals surface area contributed by atoms with Gasteiger partial charge in [0, 0.05) is 23.3 Å². The van der Waals surface area contributed by atoms with Crippen molar-refractivity contribution in [1.82, 2.24) is 0 Å². The van der Waals surface area contributed by atoms with Gasteiger partial charge in [0.15, 0.2) is 0 Å². The van der Waals surface area contributed by atoms with Gasteiger partial charge in [0.1, 0.15) is 4.90 Å². The fraction of sp³-hybridized carbons (Fsp3) is 0.294. The van der Waals surface area contributed by atoms with E-state index in [4.69, 9.17) is 4.55 Å². The van der Waals surface area contributed by atoms with Crippen LogP contribution in [-0.2, 0) is 20.1 Å². The normalized spacial score (nSPS) is 13.6. The van der Waals surface area contributed by atoms with Crippen molar-refractivity contribution in [2.45, 2.75) is 27.8 Å². The third-order valence-corrected chi connectivity index (χ3v) is 7.05. The quantitative estimate of drug-likeness (QED) is 0.289. The van der Waals surface area contributed by atoms with Crippen molar-refractivity contribution in [2.24, 2.45) is 0 Å². The summed E-state index contributed by atoms with van der Waals surface area (Å²) in [5.74, 6) is 0.293. The molecule has 31 heavy (non-hydrogen) atoms. The summed E-state index contributed by atoms with van der Waals surface area (Å²) in [6.45, 7) is -0.309. The Balaban J connectivity index is 2.39. The van der Waals surface area contributed by atoms with Gasteiger partial charge in [0.25, 0.3) is 9.84 Å². The number of anilines is 2. The molecule has 0 amide bonds. The van der Waals surface area contributed by atoms with E-state index in [1.165, 1.54) is 16.5 Å². The molecule has 8 nitrogen and oxygen atoms in total. The average molecular weight is 501 g/mol. The standard InChI is InChI=1S/C17H19F3N2O6S3/c18-17(19,20)30(24,25)16-10-12(22-31(26,27)28)6-7-15(16)21-13(8-9-23)11-29-14-4-2-1-3-5-14/h1-7,10,13,21-23H,8-9,11H2,(H,26,27,28). The Kier molecular flexibility index (Phi) is 8.21. The van der Waals surface area contributed by atoms with Gasteiger partial charge in [-0.3, -0.25) is 9.27 Å². The molecule has 172 valence electrons. The lowest BCUT2D eigenvalue weighted by molar-refractivity contribution is -0.0435. The maximum atomic E-state index is 13.2. The van der Waals surface area contributed by atoms with Crippen LogP contribution in [0.15, 0.2) is 58.3 Å². The molecule has 0 bridgehead atoms. The first kappa shape index (κ1) is 25.3. The smallest absolute Gasteiger partial charge is 0.396 e. The van der Waals surface area contributed by atoms with Crippen molar-refractivity contribution < 1.29 is 39.7 Å². The van der Waals surface area contributed by atoms with Gasteiger partial charge in [-0.25, -0.2) is 8.42 Å². The molecule has 1 atom stereocenters. The fourth-order valence-electron chi connectivity index (χ4n) is 2.49. The van der Waals surface area contributed by atoms with Crippen LogP contribution in [-0.4, -0.2) is 50.4 Å². The second-order valence-corrected chi connectivity index (χ2v) is 10.4. The zero-order chi connectivity index (χ0) is 23.3. The number of thioether (sulfide) groups is 1. The van der Waals surface area contributed by atoms with Crippen LogP contribution in [0.25, 0.3) is 0 Å². The van der Waals surface area contributed by atoms with E-state index in [0.717, 1.165) is 17.0 Å². The Morgan fingerprint density at radius 1 is 1.03 bits per heavy atom. The Bertz CT molecular complexity index is 1090. The Hall–Kier alpha value is -2.00. The predicted molar refractivity (Wildman–Crippen MR) is 111 cm³/mol. The van der Waals surface area contributed by atoms with Gasteiger partial charge in [-0.15, -0.1) is 11.8 Å². The largest absolute Gasteiger partial charge is 0.501 e. The van der Waals surface area contributed by atoms with Gasteiger partial charge in [-0.05, 0) is 36.8 Å². The molecule has 0 aliphatic heterocycles. The van der Waals surface area contributed by atoms with E-state index in [0.29, 0.717) is 11.8 Å². The highest BCUT2D eigenvalue weighted by Crippen LogP contribution is 2.36. The summed E-state index contributed by atoms with van der Waals surface area (Å²) in [4.78, 5) is -0.357.